The molecule has 0 aliphatic carbocycles. The van der Waals surface area contributed by atoms with E-state index in [1.54, 1.807) is 18.2 Å². The van der Waals surface area contributed by atoms with Crippen molar-refractivity contribution in [2.75, 3.05) is 0 Å². The van der Waals surface area contributed by atoms with E-state index < -0.39 is 5.72 Å². The van der Waals surface area contributed by atoms with Crippen molar-refractivity contribution in [1.29, 1.82) is 0 Å². The first-order valence-electron chi connectivity index (χ1n) is 9.25. The van der Waals surface area contributed by atoms with Crippen LogP contribution in [-0.2, 0) is 5.72 Å². The number of nitrogens with zero attached hydrogens (tertiary/aromatic N) is 2. The van der Waals surface area contributed by atoms with Crippen molar-refractivity contribution in [2.24, 2.45) is 5.10 Å². The van der Waals surface area contributed by atoms with Crippen LogP contribution in [0.1, 0.15) is 36.1 Å². The Morgan fingerprint density at radius 2 is 1.82 bits per heavy atom. The second kappa shape index (κ2) is 6.28. The van der Waals surface area contributed by atoms with Gasteiger partial charge in [-0.05, 0) is 29.8 Å². The Hall–Kier alpha value is -2.98. The molecular weight excluding hydrogens is 372 g/mol. The molecule has 0 saturated carbocycles. The maximum absolute atomic E-state index is 10.6. The van der Waals surface area contributed by atoms with E-state index in [1.165, 1.54) is 0 Å². The molecule has 2 atom stereocenters. The summed E-state index contributed by atoms with van der Waals surface area (Å²) in [6.07, 6.45) is 0.765. The fourth-order valence-electron chi connectivity index (χ4n) is 4.12. The highest BCUT2D eigenvalue weighted by Crippen LogP contribution is 2.51. The number of para-hydroxylation sites is 1. The van der Waals surface area contributed by atoms with Crippen molar-refractivity contribution in [3.05, 3.63) is 94.5 Å². The van der Waals surface area contributed by atoms with Crippen molar-refractivity contribution in [3.63, 3.8) is 0 Å². The normalized spacial score (nSPS) is 22.9. The minimum atomic E-state index is -0.982. The molecule has 5 heteroatoms. The lowest BCUT2D eigenvalue weighted by Gasteiger charge is -2.46. The number of aromatic hydroxyl groups is 1. The van der Waals surface area contributed by atoms with Crippen molar-refractivity contribution in [1.82, 2.24) is 5.01 Å². The van der Waals surface area contributed by atoms with Gasteiger partial charge < -0.3 is 9.84 Å². The van der Waals surface area contributed by atoms with Gasteiger partial charge in [-0.2, -0.15) is 5.10 Å². The van der Waals surface area contributed by atoms with E-state index in [4.69, 9.17) is 21.4 Å². The smallest absolute Gasteiger partial charge is 0.225 e. The van der Waals surface area contributed by atoms with Gasteiger partial charge in [0.05, 0.1) is 17.3 Å². The number of hydrazone groups is 1. The third-order valence-corrected chi connectivity index (χ3v) is 5.73. The average molecular weight is 391 g/mol. The number of hydrogen-bond donors (Lipinski definition) is 1. The van der Waals surface area contributed by atoms with Crippen molar-refractivity contribution < 1.29 is 9.84 Å². The van der Waals surface area contributed by atoms with E-state index in [0.29, 0.717) is 10.6 Å². The maximum Gasteiger partial charge on any atom is 0.225 e. The molecule has 0 bridgehead atoms. The molecule has 0 spiro atoms. The zero-order chi connectivity index (χ0) is 19.3. The SMILES string of the molecule is C[C@]1(c2cc(Cl)ccc2O)Oc2ccccc2[C@@H]2CC(c3ccccc3)=NN21. The second-order valence-electron chi connectivity index (χ2n) is 7.26. The molecule has 0 aromatic heterocycles. The molecule has 4 nitrogen and oxygen atoms in total. The lowest BCUT2D eigenvalue weighted by molar-refractivity contribution is -0.113. The van der Waals surface area contributed by atoms with E-state index in [0.717, 1.165) is 29.0 Å². The van der Waals surface area contributed by atoms with Gasteiger partial charge in [0, 0.05) is 23.9 Å². The number of hydrogen-bond acceptors (Lipinski definition) is 4. The maximum atomic E-state index is 10.6. The topological polar surface area (TPSA) is 45.1 Å². The number of halogens is 1. The quantitative estimate of drug-likeness (QED) is 0.631. The van der Waals surface area contributed by atoms with Gasteiger partial charge in [0.1, 0.15) is 11.5 Å². The highest BCUT2D eigenvalue weighted by molar-refractivity contribution is 6.30. The Morgan fingerprint density at radius 3 is 2.64 bits per heavy atom. The largest absolute Gasteiger partial charge is 0.507 e. The van der Waals surface area contributed by atoms with Gasteiger partial charge in [0.15, 0.2) is 0 Å². The molecule has 140 valence electrons. The Labute approximate surface area is 168 Å². The Balaban J connectivity index is 1.69. The number of benzene rings is 3. The Bertz CT molecular complexity index is 1080. The molecule has 2 heterocycles. The van der Waals surface area contributed by atoms with Crippen molar-refractivity contribution >= 4 is 17.3 Å². The van der Waals surface area contributed by atoms with Crippen LogP contribution in [0.15, 0.2) is 77.9 Å². The minimum absolute atomic E-state index is 0.0172. The Kier molecular flexibility index (Phi) is 3.84. The van der Waals surface area contributed by atoms with Gasteiger partial charge in [-0.1, -0.05) is 60.1 Å². The summed E-state index contributed by atoms with van der Waals surface area (Å²) in [6, 6.07) is 23.2. The highest BCUT2D eigenvalue weighted by atomic mass is 35.5. The van der Waals surface area contributed by atoms with Gasteiger partial charge in [-0.25, -0.2) is 5.01 Å². The minimum Gasteiger partial charge on any atom is -0.507 e. The van der Waals surface area contributed by atoms with Crippen LogP contribution in [-0.4, -0.2) is 15.8 Å². The van der Waals surface area contributed by atoms with E-state index >= 15 is 0 Å². The summed E-state index contributed by atoms with van der Waals surface area (Å²) >= 11 is 6.24. The molecule has 3 aromatic rings. The fourth-order valence-corrected chi connectivity index (χ4v) is 4.29. The van der Waals surface area contributed by atoms with E-state index in [9.17, 15) is 5.11 Å². The zero-order valence-electron chi connectivity index (χ0n) is 15.3. The van der Waals surface area contributed by atoms with Crippen LogP contribution in [0, 0.1) is 0 Å². The fraction of sp³-hybridized carbons (Fsp3) is 0.174. The van der Waals surface area contributed by atoms with Gasteiger partial charge in [-0.15, -0.1) is 0 Å². The summed E-state index contributed by atoms with van der Waals surface area (Å²) in [7, 11) is 0. The number of rotatable bonds is 2. The predicted molar refractivity (Wildman–Crippen MR) is 110 cm³/mol. The second-order valence-corrected chi connectivity index (χ2v) is 7.70. The van der Waals surface area contributed by atoms with E-state index in [1.807, 2.05) is 48.3 Å². The third kappa shape index (κ3) is 2.56. The molecule has 0 fully saturated rings. The van der Waals surface area contributed by atoms with Gasteiger partial charge in [-0.3, -0.25) is 0 Å². The molecule has 0 saturated heterocycles. The van der Waals surface area contributed by atoms with Crippen LogP contribution in [0.2, 0.25) is 5.02 Å². The summed E-state index contributed by atoms with van der Waals surface area (Å²) < 4.78 is 6.44. The van der Waals surface area contributed by atoms with Gasteiger partial charge >= 0.3 is 0 Å². The van der Waals surface area contributed by atoms with Gasteiger partial charge in [0.2, 0.25) is 5.72 Å². The molecular formula is C23H19ClN2O2. The summed E-state index contributed by atoms with van der Waals surface area (Å²) in [6.45, 7) is 1.93. The molecule has 1 N–H and O–H groups in total. The van der Waals surface area contributed by atoms with Crippen LogP contribution < -0.4 is 4.74 Å². The first kappa shape index (κ1) is 17.1. The number of fused-ring (bicyclic) bond motifs is 3. The van der Waals surface area contributed by atoms with Crippen LogP contribution in [0.5, 0.6) is 11.5 Å². The lowest BCUT2D eigenvalue weighted by atomic mass is 9.92. The van der Waals surface area contributed by atoms with E-state index in [-0.39, 0.29) is 11.8 Å². The molecule has 28 heavy (non-hydrogen) atoms. The van der Waals surface area contributed by atoms with Crippen LogP contribution in [0.3, 0.4) is 0 Å². The van der Waals surface area contributed by atoms with Crippen molar-refractivity contribution in [3.8, 4) is 11.5 Å². The van der Waals surface area contributed by atoms with Gasteiger partial charge in [0.25, 0.3) is 0 Å². The van der Waals surface area contributed by atoms with E-state index in [2.05, 4.69) is 18.2 Å². The summed E-state index contributed by atoms with van der Waals surface area (Å²) in [5.41, 5.74) is 2.80. The number of phenolic OH excluding ortho intramolecular Hbond substituents is 1. The third-order valence-electron chi connectivity index (χ3n) is 5.50. The molecule has 3 aromatic carbocycles. The standard InChI is InChI=1S/C23H19ClN2O2/c1-23(18-13-16(24)11-12-21(18)27)26-20(17-9-5-6-10-22(17)28-23)14-19(25-26)15-7-3-2-4-8-15/h2-13,20,27H,14H2,1H3/t20-,23+/m0/s1. The van der Waals surface area contributed by atoms with Crippen LogP contribution in [0.25, 0.3) is 0 Å². The molecule has 5 rings (SSSR count). The summed E-state index contributed by atoms with van der Waals surface area (Å²) in [5.74, 6) is 0.934. The Morgan fingerprint density at radius 1 is 1.07 bits per heavy atom. The van der Waals surface area contributed by atoms with Crippen molar-refractivity contribution in [2.45, 2.75) is 25.1 Å². The molecule has 0 radical (unpaired) electrons. The molecule has 0 unspecified atom stereocenters. The average Bonchev–Trinajstić information content (AvgIpc) is 3.17. The van der Waals surface area contributed by atoms with Crippen LogP contribution in [0.4, 0.5) is 0 Å². The molecule has 2 aliphatic rings. The summed E-state index contributed by atoms with van der Waals surface area (Å²) in [5, 5.41) is 18.0. The highest BCUT2D eigenvalue weighted by Gasteiger charge is 2.49. The summed E-state index contributed by atoms with van der Waals surface area (Å²) in [4.78, 5) is 0. The first-order valence-corrected chi connectivity index (χ1v) is 9.63. The monoisotopic (exact) mass is 390 g/mol. The molecule has 0 amide bonds. The molecule has 2 aliphatic heterocycles. The van der Waals surface area contributed by atoms with Crippen LogP contribution >= 0.6 is 11.6 Å². The number of phenols is 1. The number of ether oxygens (including phenoxy) is 1. The predicted octanol–water partition coefficient (Wildman–Crippen LogP) is 5.46. The zero-order valence-corrected chi connectivity index (χ0v) is 16.1. The lowest BCUT2D eigenvalue weighted by Crippen LogP contribution is -2.48. The first-order chi connectivity index (χ1) is 13.6.